The van der Waals surface area contributed by atoms with Crippen molar-refractivity contribution in [1.29, 1.82) is 0 Å². The smallest absolute Gasteiger partial charge is 0.170 e. The minimum atomic E-state index is 0.000739. The van der Waals surface area contributed by atoms with Gasteiger partial charge in [0.15, 0.2) is 5.11 Å². The molecule has 1 aliphatic rings. The van der Waals surface area contributed by atoms with Crippen LogP contribution in [-0.2, 0) is 0 Å². The van der Waals surface area contributed by atoms with E-state index in [0.717, 1.165) is 16.5 Å². The number of hydrogen-bond donors (Lipinski definition) is 1. The maximum Gasteiger partial charge on any atom is 0.170 e. The molecule has 1 fully saturated rings. The lowest BCUT2D eigenvalue weighted by Gasteiger charge is -2.31. The average Bonchev–Trinajstić information content (AvgIpc) is 3.32. The van der Waals surface area contributed by atoms with Crippen LogP contribution in [0, 0.1) is 0 Å². The molecule has 2 aromatic heterocycles. The van der Waals surface area contributed by atoms with Crippen LogP contribution in [0.5, 0.6) is 0 Å². The Bertz CT molecular complexity index is 978. The average molecular weight is 406 g/mol. The van der Waals surface area contributed by atoms with Crippen molar-refractivity contribution in [1.82, 2.24) is 19.8 Å². The van der Waals surface area contributed by atoms with Gasteiger partial charge in [-0.1, -0.05) is 6.07 Å². The predicted octanol–water partition coefficient (Wildman–Crippen LogP) is 4.32. The largest absolute Gasteiger partial charge is 0.378 e. The van der Waals surface area contributed by atoms with Crippen molar-refractivity contribution in [2.24, 2.45) is 0 Å². The maximum atomic E-state index is 5.72. The van der Waals surface area contributed by atoms with Gasteiger partial charge in [0.25, 0.3) is 0 Å². The Balaban J connectivity index is 1.79. The third kappa shape index (κ3) is 3.60. The van der Waals surface area contributed by atoms with E-state index in [-0.39, 0.29) is 18.1 Å². The molecule has 1 aromatic carbocycles. The van der Waals surface area contributed by atoms with Crippen LogP contribution in [0.25, 0.3) is 5.69 Å². The fraction of sp³-hybridized carbons (Fsp3) is 0.304. The van der Waals surface area contributed by atoms with E-state index >= 15 is 0 Å². The van der Waals surface area contributed by atoms with E-state index in [0.29, 0.717) is 0 Å². The molecule has 5 nitrogen and oxygen atoms in total. The lowest BCUT2D eigenvalue weighted by Crippen LogP contribution is -2.36. The zero-order valence-corrected chi connectivity index (χ0v) is 18.1. The van der Waals surface area contributed by atoms with Crippen LogP contribution in [-0.4, -0.2) is 39.7 Å². The fourth-order valence-electron chi connectivity index (χ4n) is 4.02. The molecule has 0 spiro atoms. The molecular formula is C23H27N5S. The van der Waals surface area contributed by atoms with E-state index in [1.165, 1.54) is 11.4 Å². The first kappa shape index (κ1) is 19.5. The summed E-state index contributed by atoms with van der Waals surface area (Å²) in [6.07, 6.45) is 3.96. The third-order valence-electron chi connectivity index (χ3n) is 5.42. The first-order chi connectivity index (χ1) is 14.0. The van der Waals surface area contributed by atoms with Crippen LogP contribution in [0.2, 0.25) is 0 Å². The SMILES string of the molecule is CC(C)N1C(=S)N[C@H](c2ccccn2)[C@H]1c1cccn1-c1ccc(N(C)C)cc1. The second-order valence-corrected chi connectivity index (χ2v) is 8.23. The minimum absolute atomic E-state index is 0.000739. The maximum absolute atomic E-state index is 5.72. The van der Waals surface area contributed by atoms with Crippen LogP contribution < -0.4 is 10.2 Å². The Hall–Kier alpha value is -2.86. The first-order valence-corrected chi connectivity index (χ1v) is 10.3. The molecular weight excluding hydrogens is 378 g/mol. The second kappa shape index (κ2) is 7.87. The monoisotopic (exact) mass is 405 g/mol. The molecule has 6 heteroatoms. The van der Waals surface area contributed by atoms with E-state index in [9.17, 15) is 0 Å². The molecule has 1 N–H and O–H groups in total. The Morgan fingerprint density at radius 3 is 2.41 bits per heavy atom. The molecule has 0 saturated carbocycles. The van der Waals surface area contributed by atoms with Crippen LogP contribution in [0.4, 0.5) is 5.69 Å². The van der Waals surface area contributed by atoms with Crippen molar-refractivity contribution >= 4 is 23.0 Å². The van der Waals surface area contributed by atoms with Gasteiger partial charge in [-0.15, -0.1) is 0 Å². The molecule has 0 bridgehead atoms. The van der Waals surface area contributed by atoms with Crippen molar-refractivity contribution in [2.75, 3.05) is 19.0 Å². The molecule has 150 valence electrons. The Kier molecular flexibility index (Phi) is 5.28. The number of thiocarbonyl (C=S) groups is 1. The van der Waals surface area contributed by atoms with Gasteiger partial charge in [0.2, 0.25) is 0 Å². The summed E-state index contributed by atoms with van der Waals surface area (Å²) < 4.78 is 2.26. The van der Waals surface area contributed by atoms with E-state index in [4.69, 9.17) is 12.2 Å². The molecule has 2 atom stereocenters. The highest BCUT2D eigenvalue weighted by molar-refractivity contribution is 7.80. The highest BCUT2D eigenvalue weighted by atomic mass is 32.1. The van der Waals surface area contributed by atoms with Crippen molar-refractivity contribution in [2.45, 2.75) is 32.0 Å². The van der Waals surface area contributed by atoms with E-state index in [1.54, 1.807) is 0 Å². The Labute approximate surface area is 178 Å². The molecule has 0 radical (unpaired) electrons. The zero-order chi connectivity index (χ0) is 20.5. The summed E-state index contributed by atoms with van der Waals surface area (Å²) in [5.41, 5.74) is 4.51. The van der Waals surface area contributed by atoms with Gasteiger partial charge in [-0.05, 0) is 74.6 Å². The summed E-state index contributed by atoms with van der Waals surface area (Å²) in [7, 11) is 4.11. The highest BCUT2D eigenvalue weighted by Gasteiger charge is 2.42. The normalized spacial score (nSPS) is 18.9. The molecule has 0 amide bonds. The first-order valence-electron chi connectivity index (χ1n) is 9.92. The fourth-order valence-corrected chi connectivity index (χ4v) is 4.47. The predicted molar refractivity (Wildman–Crippen MR) is 123 cm³/mol. The number of benzene rings is 1. The van der Waals surface area contributed by atoms with Gasteiger partial charge in [0, 0.05) is 49.6 Å². The number of nitrogens with zero attached hydrogens (tertiary/aromatic N) is 4. The minimum Gasteiger partial charge on any atom is -0.378 e. The summed E-state index contributed by atoms with van der Waals surface area (Å²) in [4.78, 5) is 9.01. The Morgan fingerprint density at radius 2 is 1.79 bits per heavy atom. The van der Waals surface area contributed by atoms with E-state index in [2.05, 4.69) is 101 Å². The number of rotatable bonds is 5. The van der Waals surface area contributed by atoms with Crippen LogP contribution in [0.1, 0.15) is 37.3 Å². The molecule has 3 aromatic rings. The molecule has 29 heavy (non-hydrogen) atoms. The van der Waals surface area contributed by atoms with Crippen LogP contribution in [0.3, 0.4) is 0 Å². The van der Waals surface area contributed by atoms with E-state index < -0.39 is 0 Å². The van der Waals surface area contributed by atoms with E-state index in [1.807, 2.05) is 18.3 Å². The standard InChI is InChI=1S/C23H27N5S/c1-16(2)28-22(21(25-23(28)29)19-8-5-6-14-24-19)20-9-7-15-27(20)18-12-10-17(11-13-18)26(3)4/h5-16,21-22H,1-4H3,(H,25,29)/t21-,22-/m1/s1. The molecule has 0 unspecified atom stereocenters. The van der Waals surface area contributed by atoms with Gasteiger partial charge in [-0.2, -0.15) is 0 Å². The lowest BCUT2D eigenvalue weighted by molar-refractivity contribution is 0.262. The third-order valence-corrected chi connectivity index (χ3v) is 5.75. The summed E-state index contributed by atoms with van der Waals surface area (Å²) in [5, 5.41) is 4.29. The van der Waals surface area contributed by atoms with Gasteiger partial charge in [0.1, 0.15) is 0 Å². The number of aromatic nitrogens is 2. The summed E-state index contributed by atoms with van der Waals surface area (Å²) in [6.45, 7) is 4.36. The van der Waals surface area contributed by atoms with Crippen molar-refractivity contribution in [3.05, 3.63) is 78.4 Å². The zero-order valence-electron chi connectivity index (χ0n) is 17.3. The molecule has 1 aliphatic heterocycles. The van der Waals surface area contributed by atoms with Crippen molar-refractivity contribution in [3.8, 4) is 5.69 Å². The summed E-state index contributed by atoms with van der Waals surface area (Å²) >= 11 is 5.72. The van der Waals surface area contributed by atoms with Gasteiger partial charge in [-0.3, -0.25) is 4.98 Å². The van der Waals surface area contributed by atoms with Crippen LogP contribution >= 0.6 is 12.2 Å². The van der Waals surface area contributed by atoms with Gasteiger partial charge >= 0.3 is 0 Å². The molecule has 0 aliphatic carbocycles. The lowest BCUT2D eigenvalue weighted by atomic mass is 10.0. The number of anilines is 1. The number of pyridine rings is 1. The van der Waals surface area contributed by atoms with Gasteiger partial charge < -0.3 is 19.7 Å². The second-order valence-electron chi connectivity index (χ2n) is 7.84. The number of hydrogen-bond acceptors (Lipinski definition) is 3. The van der Waals surface area contributed by atoms with Crippen molar-refractivity contribution < 1.29 is 0 Å². The van der Waals surface area contributed by atoms with Crippen LogP contribution in [0.15, 0.2) is 67.0 Å². The summed E-state index contributed by atoms with van der Waals surface area (Å²) in [5.74, 6) is 0. The molecule has 1 saturated heterocycles. The molecule has 3 heterocycles. The Morgan fingerprint density at radius 1 is 1.03 bits per heavy atom. The van der Waals surface area contributed by atoms with Crippen molar-refractivity contribution in [3.63, 3.8) is 0 Å². The highest BCUT2D eigenvalue weighted by Crippen LogP contribution is 2.40. The summed E-state index contributed by atoms with van der Waals surface area (Å²) in [6, 6.07) is 19.3. The number of nitrogens with one attached hydrogen (secondary N) is 1. The van der Waals surface area contributed by atoms with Gasteiger partial charge in [-0.25, -0.2) is 0 Å². The van der Waals surface area contributed by atoms with Gasteiger partial charge in [0.05, 0.1) is 17.8 Å². The quantitative estimate of drug-likeness (QED) is 0.640. The topological polar surface area (TPSA) is 36.3 Å². The molecule has 4 rings (SSSR count).